The second-order valence-corrected chi connectivity index (χ2v) is 8.94. The first kappa shape index (κ1) is 30.6. The fraction of sp³-hybridized carbons (Fsp3) is 0.206. The minimum absolute atomic E-state index is 0. The summed E-state index contributed by atoms with van der Waals surface area (Å²) in [6, 6.07) is 19.3. The monoisotopic (exact) mass is 546 g/mol. The Bertz CT molecular complexity index is 1180. The van der Waals surface area contributed by atoms with Crippen molar-refractivity contribution in [1.82, 2.24) is 0 Å². The van der Waals surface area contributed by atoms with Gasteiger partial charge in [0.1, 0.15) is 0 Å². The van der Waals surface area contributed by atoms with Gasteiger partial charge in [-0.05, 0) is 29.6 Å². The number of allylic oxidation sites excluding steroid dienone is 12. The fourth-order valence-corrected chi connectivity index (χ4v) is 3.94. The van der Waals surface area contributed by atoms with Gasteiger partial charge >= 0.3 is 17.1 Å². The van der Waals surface area contributed by atoms with E-state index in [1.54, 1.807) is 6.08 Å². The van der Waals surface area contributed by atoms with Crippen molar-refractivity contribution >= 4 is 11.9 Å². The van der Waals surface area contributed by atoms with Gasteiger partial charge < -0.3 is 10.2 Å². The van der Waals surface area contributed by atoms with Crippen LogP contribution < -0.4 is 10.2 Å². The molecular formula is C34H34FeO3. The van der Waals surface area contributed by atoms with E-state index in [4.69, 9.17) is 0 Å². The molecule has 0 heterocycles. The van der Waals surface area contributed by atoms with E-state index in [0.717, 1.165) is 54.4 Å². The molecule has 0 unspecified atom stereocenters. The van der Waals surface area contributed by atoms with Gasteiger partial charge in [0.25, 0.3) is 0 Å². The van der Waals surface area contributed by atoms with E-state index in [1.807, 2.05) is 115 Å². The Morgan fingerprint density at radius 2 is 1.13 bits per heavy atom. The summed E-state index contributed by atoms with van der Waals surface area (Å²) in [5.74, 6) is 0.514. The molecule has 0 aliphatic heterocycles. The molecule has 38 heavy (non-hydrogen) atoms. The molecule has 3 nitrogen and oxygen atoms in total. The van der Waals surface area contributed by atoms with Gasteiger partial charge in [-0.15, -0.1) is 11.5 Å². The molecule has 0 amide bonds. The zero-order valence-corrected chi connectivity index (χ0v) is 22.7. The van der Waals surface area contributed by atoms with Crippen LogP contribution in [-0.4, -0.2) is 5.78 Å². The molecule has 0 saturated heterocycles. The van der Waals surface area contributed by atoms with E-state index in [0.29, 0.717) is 12.8 Å². The smallest absolute Gasteiger partial charge is 0.875 e. The molecule has 2 aromatic rings. The Hall–Kier alpha value is -3.59. The Morgan fingerprint density at radius 1 is 0.632 bits per heavy atom. The third kappa shape index (κ3) is 11.2. The van der Waals surface area contributed by atoms with Crippen LogP contribution in [0.3, 0.4) is 0 Å². The maximum atomic E-state index is 11.9. The van der Waals surface area contributed by atoms with E-state index in [2.05, 4.69) is 0 Å². The van der Waals surface area contributed by atoms with Crippen molar-refractivity contribution in [2.75, 3.05) is 0 Å². The maximum Gasteiger partial charge on any atom is 2.00 e. The standard InChI is InChI=1S/C20H24O2.C14H12O.Fe/c21-19(17-11-5-4-6-12-17)15-7-2-1-3-8-16-20(22)18-13-9-10-14-18;15-14(13-8-4-5-9-13)11-10-12-6-2-1-3-7-12;/h4-6,9-14,22H,1-3,7-8,15-16H2;1-11,15H;/q;;+2/p-2. The SMILES string of the molecule is O=C(CCCCCCCC([O-])=C1C=CC=C1)c1ccccc1.[Fe+2].[O-]C(C=Cc1ccccc1)=C1C=CC=C1. The average molecular weight is 546 g/mol. The summed E-state index contributed by atoms with van der Waals surface area (Å²) in [6.45, 7) is 0. The first-order valence-corrected chi connectivity index (χ1v) is 13.0. The Kier molecular flexibility index (Phi) is 14.3. The molecule has 0 aromatic heterocycles. The molecule has 0 N–H and O–H groups in total. The Labute approximate surface area is 237 Å². The number of ketones is 1. The van der Waals surface area contributed by atoms with E-state index in [1.165, 1.54) is 0 Å². The van der Waals surface area contributed by atoms with Crippen molar-refractivity contribution in [3.8, 4) is 0 Å². The molecule has 4 heteroatoms. The summed E-state index contributed by atoms with van der Waals surface area (Å²) in [7, 11) is 0. The normalized spacial score (nSPS) is 12.9. The third-order valence-corrected chi connectivity index (χ3v) is 6.06. The quantitative estimate of drug-likeness (QED) is 0.135. The summed E-state index contributed by atoms with van der Waals surface area (Å²) >= 11 is 0. The second kappa shape index (κ2) is 17.8. The number of rotatable bonds is 11. The topological polar surface area (TPSA) is 63.2 Å². The van der Waals surface area contributed by atoms with Gasteiger partial charge in [-0.25, -0.2) is 0 Å². The van der Waals surface area contributed by atoms with Crippen LogP contribution in [0.15, 0.2) is 138 Å². The molecule has 0 fully saturated rings. The molecule has 0 spiro atoms. The summed E-state index contributed by atoms with van der Waals surface area (Å²) in [6.07, 6.45) is 24.7. The van der Waals surface area contributed by atoms with Crippen molar-refractivity contribution in [3.63, 3.8) is 0 Å². The molecule has 0 atom stereocenters. The number of Topliss-reactive ketones (excluding diaryl/α,β-unsaturated/α-hetero) is 1. The number of unbranched alkanes of at least 4 members (excludes halogenated alkanes) is 4. The van der Waals surface area contributed by atoms with E-state index in [-0.39, 0.29) is 34.4 Å². The molecule has 2 aliphatic rings. The number of hydrogen-bond acceptors (Lipinski definition) is 3. The van der Waals surface area contributed by atoms with Crippen LogP contribution in [0.4, 0.5) is 0 Å². The maximum absolute atomic E-state index is 11.9. The van der Waals surface area contributed by atoms with Crippen molar-refractivity contribution in [3.05, 3.63) is 149 Å². The first-order chi connectivity index (χ1) is 18.1. The van der Waals surface area contributed by atoms with Gasteiger partial charge in [0.05, 0.1) is 0 Å². The summed E-state index contributed by atoms with van der Waals surface area (Å²) < 4.78 is 0. The van der Waals surface area contributed by atoms with Crippen LogP contribution in [-0.2, 0) is 17.1 Å². The zero-order valence-electron chi connectivity index (χ0n) is 21.6. The van der Waals surface area contributed by atoms with Crippen LogP contribution in [0.1, 0.15) is 60.9 Å². The minimum Gasteiger partial charge on any atom is -0.875 e. The van der Waals surface area contributed by atoms with Crippen molar-refractivity contribution < 1.29 is 32.1 Å². The first-order valence-electron chi connectivity index (χ1n) is 13.0. The number of carbonyl (C=O) groups excluding carboxylic acids is 1. The molecule has 0 saturated carbocycles. The van der Waals surface area contributed by atoms with Crippen molar-refractivity contribution in [1.29, 1.82) is 0 Å². The van der Waals surface area contributed by atoms with Gasteiger partial charge in [0.2, 0.25) is 0 Å². The van der Waals surface area contributed by atoms with Crippen molar-refractivity contribution in [2.24, 2.45) is 0 Å². The van der Waals surface area contributed by atoms with Crippen LogP contribution in [0.2, 0.25) is 0 Å². The Morgan fingerprint density at radius 3 is 1.74 bits per heavy atom. The van der Waals surface area contributed by atoms with Crippen LogP contribution >= 0.6 is 0 Å². The summed E-state index contributed by atoms with van der Waals surface area (Å²) in [5, 5.41) is 23.4. The fourth-order valence-electron chi connectivity index (χ4n) is 3.94. The predicted octanol–water partition coefficient (Wildman–Crippen LogP) is 6.78. The molecule has 0 radical (unpaired) electrons. The predicted molar refractivity (Wildman–Crippen MR) is 149 cm³/mol. The van der Waals surface area contributed by atoms with Gasteiger partial charge in [-0.3, -0.25) is 4.79 Å². The molecule has 0 bridgehead atoms. The number of carbonyl (C=O) groups is 1. The largest absolute Gasteiger partial charge is 2.00 e. The minimum atomic E-state index is 0. The number of benzene rings is 2. The van der Waals surface area contributed by atoms with Gasteiger partial charge in [-0.1, -0.05) is 147 Å². The third-order valence-electron chi connectivity index (χ3n) is 6.06. The summed E-state index contributed by atoms with van der Waals surface area (Å²) in [5.41, 5.74) is 3.41. The second-order valence-electron chi connectivity index (χ2n) is 8.94. The van der Waals surface area contributed by atoms with Gasteiger partial charge in [0.15, 0.2) is 5.78 Å². The molecule has 2 aromatic carbocycles. The van der Waals surface area contributed by atoms with Crippen LogP contribution in [0.25, 0.3) is 6.08 Å². The van der Waals surface area contributed by atoms with E-state index in [9.17, 15) is 15.0 Å². The van der Waals surface area contributed by atoms with Gasteiger partial charge in [0, 0.05) is 12.0 Å². The Balaban J connectivity index is 0.000000277. The molecule has 2 aliphatic carbocycles. The molecule has 196 valence electrons. The average Bonchev–Trinajstić information content (AvgIpc) is 3.68. The summed E-state index contributed by atoms with van der Waals surface area (Å²) in [4.78, 5) is 11.9. The van der Waals surface area contributed by atoms with Crippen LogP contribution in [0, 0.1) is 0 Å². The van der Waals surface area contributed by atoms with Gasteiger partial charge in [-0.2, -0.15) is 0 Å². The molecule has 4 rings (SSSR count). The van der Waals surface area contributed by atoms with Crippen molar-refractivity contribution in [2.45, 2.75) is 44.9 Å². The van der Waals surface area contributed by atoms with E-state index >= 15 is 0 Å². The zero-order chi connectivity index (χ0) is 26.1. The molecular weight excluding hydrogens is 512 g/mol. The number of hydrogen-bond donors (Lipinski definition) is 0. The van der Waals surface area contributed by atoms with E-state index < -0.39 is 0 Å². The van der Waals surface area contributed by atoms with Crippen LogP contribution in [0.5, 0.6) is 0 Å².